The van der Waals surface area contributed by atoms with Crippen LogP contribution < -0.4 is 0 Å². The van der Waals surface area contributed by atoms with E-state index in [-0.39, 0.29) is 12.2 Å². The zero-order valence-electron chi connectivity index (χ0n) is 8.84. The SMILES string of the molecule is CN(CC(=O)O)C(=O)c1cc(C2CC2)on1. The third-order valence-corrected chi connectivity index (χ3v) is 2.45. The summed E-state index contributed by atoms with van der Waals surface area (Å²) in [4.78, 5) is 23.2. The van der Waals surface area contributed by atoms with Crippen molar-refractivity contribution in [1.82, 2.24) is 10.1 Å². The third kappa shape index (κ3) is 2.21. The van der Waals surface area contributed by atoms with E-state index >= 15 is 0 Å². The van der Waals surface area contributed by atoms with Gasteiger partial charge in [-0.2, -0.15) is 0 Å². The van der Waals surface area contributed by atoms with Crippen LogP contribution in [0.3, 0.4) is 0 Å². The van der Waals surface area contributed by atoms with Gasteiger partial charge in [-0.15, -0.1) is 0 Å². The van der Waals surface area contributed by atoms with Crippen molar-refractivity contribution in [3.8, 4) is 0 Å². The van der Waals surface area contributed by atoms with E-state index in [2.05, 4.69) is 5.16 Å². The first-order valence-electron chi connectivity index (χ1n) is 5.02. The number of carbonyl (C=O) groups excluding carboxylic acids is 1. The van der Waals surface area contributed by atoms with Crippen LogP contribution in [0.5, 0.6) is 0 Å². The maximum Gasteiger partial charge on any atom is 0.323 e. The van der Waals surface area contributed by atoms with Crippen molar-refractivity contribution in [2.75, 3.05) is 13.6 Å². The quantitative estimate of drug-likeness (QED) is 0.814. The van der Waals surface area contributed by atoms with Gasteiger partial charge in [0.1, 0.15) is 12.3 Å². The number of hydrogen-bond donors (Lipinski definition) is 1. The Kier molecular flexibility index (Phi) is 2.64. The molecular formula is C10H12N2O4. The summed E-state index contributed by atoms with van der Waals surface area (Å²) >= 11 is 0. The Hall–Kier alpha value is -1.85. The van der Waals surface area contributed by atoms with Crippen LogP contribution in [0, 0.1) is 0 Å². The molecule has 0 atom stereocenters. The number of carbonyl (C=O) groups is 2. The van der Waals surface area contributed by atoms with E-state index in [1.54, 1.807) is 6.07 Å². The molecule has 16 heavy (non-hydrogen) atoms. The molecule has 1 aliphatic carbocycles. The molecule has 6 heteroatoms. The molecule has 2 rings (SSSR count). The van der Waals surface area contributed by atoms with Crippen molar-refractivity contribution in [3.05, 3.63) is 17.5 Å². The highest BCUT2D eigenvalue weighted by molar-refractivity contribution is 5.93. The van der Waals surface area contributed by atoms with E-state index in [1.165, 1.54) is 7.05 Å². The zero-order valence-corrected chi connectivity index (χ0v) is 8.84. The van der Waals surface area contributed by atoms with Crippen LogP contribution in [0.1, 0.15) is 35.0 Å². The van der Waals surface area contributed by atoms with E-state index in [9.17, 15) is 9.59 Å². The molecular weight excluding hydrogens is 212 g/mol. The van der Waals surface area contributed by atoms with Crippen LogP contribution in [0.25, 0.3) is 0 Å². The van der Waals surface area contributed by atoms with Gasteiger partial charge in [-0.25, -0.2) is 0 Å². The van der Waals surface area contributed by atoms with Gasteiger partial charge in [0.05, 0.1) is 0 Å². The van der Waals surface area contributed by atoms with Gasteiger partial charge in [0, 0.05) is 19.0 Å². The fourth-order valence-electron chi connectivity index (χ4n) is 1.42. The summed E-state index contributed by atoms with van der Waals surface area (Å²) < 4.78 is 5.02. The van der Waals surface area contributed by atoms with Crippen LogP contribution in [0.2, 0.25) is 0 Å². The number of hydrogen-bond acceptors (Lipinski definition) is 4. The minimum Gasteiger partial charge on any atom is -0.480 e. The molecule has 6 nitrogen and oxygen atoms in total. The molecule has 0 unspecified atom stereocenters. The van der Waals surface area contributed by atoms with Crippen molar-refractivity contribution in [2.24, 2.45) is 0 Å². The Morgan fingerprint density at radius 3 is 2.88 bits per heavy atom. The van der Waals surface area contributed by atoms with Crippen molar-refractivity contribution in [2.45, 2.75) is 18.8 Å². The van der Waals surface area contributed by atoms with Gasteiger partial charge in [-0.1, -0.05) is 5.16 Å². The van der Waals surface area contributed by atoms with Gasteiger partial charge in [0.15, 0.2) is 5.69 Å². The van der Waals surface area contributed by atoms with Crippen LogP contribution in [0.15, 0.2) is 10.6 Å². The van der Waals surface area contributed by atoms with Crippen molar-refractivity contribution in [3.63, 3.8) is 0 Å². The second kappa shape index (κ2) is 3.96. The van der Waals surface area contributed by atoms with Gasteiger partial charge >= 0.3 is 5.97 Å². The van der Waals surface area contributed by atoms with Gasteiger partial charge in [-0.3, -0.25) is 9.59 Å². The molecule has 1 amide bonds. The first kappa shape index (κ1) is 10.7. The maximum atomic E-state index is 11.7. The normalized spacial score (nSPS) is 14.8. The average Bonchev–Trinajstić information content (AvgIpc) is 2.95. The molecule has 1 aromatic heterocycles. The largest absolute Gasteiger partial charge is 0.480 e. The first-order valence-corrected chi connectivity index (χ1v) is 5.02. The molecule has 1 heterocycles. The highest BCUT2D eigenvalue weighted by Gasteiger charge is 2.29. The van der Waals surface area contributed by atoms with E-state index in [1.807, 2.05) is 0 Å². The molecule has 1 saturated carbocycles. The van der Waals surface area contributed by atoms with Crippen LogP contribution in [0.4, 0.5) is 0 Å². The number of nitrogens with zero attached hydrogens (tertiary/aromatic N) is 2. The Balaban J connectivity index is 2.04. The topological polar surface area (TPSA) is 83.6 Å². The molecule has 0 aromatic carbocycles. The summed E-state index contributed by atoms with van der Waals surface area (Å²) in [5, 5.41) is 12.2. The number of likely N-dealkylation sites (N-methyl/N-ethyl adjacent to an activating group) is 1. The molecule has 0 bridgehead atoms. The van der Waals surface area contributed by atoms with Crippen molar-refractivity contribution < 1.29 is 19.2 Å². The van der Waals surface area contributed by atoms with Gasteiger partial charge in [-0.05, 0) is 12.8 Å². The number of aliphatic carboxylic acids is 1. The Morgan fingerprint density at radius 1 is 1.62 bits per heavy atom. The molecule has 86 valence electrons. The highest BCUT2D eigenvalue weighted by atomic mass is 16.5. The minimum atomic E-state index is -1.05. The van der Waals surface area contributed by atoms with Crippen LogP contribution in [-0.4, -0.2) is 40.6 Å². The van der Waals surface area contributed by atoms with Crippen LogP contribution >= 0.6 is 0 Å². The summed E-state index contributed by atoms with van der Waals surface area (Å²) in [5.41, 5.74) is 0.172. The van der Waals surface area contributed by atoms with E-state index in [0.29, 0.717) is 11.7 Å². The maximum absolute atomic E-state index is 11.7. The molecule has 0 saturated heterocycles. The molecule has 1 N–H and O–H groups in total. The zero-order chi connectivity index (χ0) is 11.7. The van der Waals surface area contributed by atoms with E-state index in [0.717, 1.165) is 17.7 Å². The van der Waals surface area contributed by atoms with E-state index < -0.39 is 11.9 Å². The third-order valence-electron chi connectivity index (χ3n) is 2.45. The lowest BCUT2D eigenvalue weighted by molar-refractivity contribution is -0.137. The standard InChI is InChI=1S/C10H12N2O4/c1-12(5-9(13)14)10(15)7-4-8(16-11-7)6-2-3-6/h4,6H,2-3,5H2,1H3,(H,13,14). The number of amides is 1. The van der Waals surface area contributed by atoms with Crippen LogP contribution in [-0.2, 0) is 4.79 Å². The predicted molar refractivity (Wildman–Crippen MR) is 53.1 cm³/mol. The second-order valence-electron chi connectivity index (χ2n) is 3.94. The Labute approximate surface area is 91.8 Å². The number of carboxylic acids is 1. The molecule has 0 spiro atoms. The number of rotatable bonds is 4. The molecule has 1 aromatic rings. The summed E-state index contributed by atoms with van der Waals surface area (Å²) in [5.74, 6) is -0.384. The lowest BCUT2D eigenvalue weighted by atomic mass is 10.2. The van der Waals surface area contributed by atoms with Crippen molar-refractivity contribution in [1.29, 1.82) is 0 Å². The fraction of sp³-hybridized carbons (Fsp3) is 0.500. The molecule has 1 fully saturated rings. The lowest BCUT2D eigenvalue weighted by Gasteiger charge is -2.11. The summed E-state index contributed by atoms with van der Waals surface area (Å²) in [6.07, 6.45) is 2.13. The van der Waals surface area contributed by atoms with E-state index in [4.69, 9.17) is 9.63 Å². The summed E-state index contributed by atoms with van der Waals surface area (Å²) in [6, 6.07) is 1.60. The lowest BCUT2D eigenvalue weighted by Crippen LogP contribution is -2.32. The Morgan fingerprint density at radius 2 is 2.31 bits per heavy atom. The Bertz CT molecular complexity index is 422. The second-order valence-corrected chi connectivity index (χ2v) is 3.94. The van der Waals surface area contributed by atoms with Crippen molar-refractivity contribution >= 4 is 11.9 Å². The summed E-state index contributed by atoms with van der Waals surface area (Å²) in [6.45, 7) is -0.343. The highest BCUT2D eigenvalue weighted by Crippen LogP contribution is 2.40. The predicted octanol–water partition coefficient (Wildman–Crippen LogP) is 0.709. The first-order chi connectivity index (χ1) is 7.58. The smallest absolute Gasteiger partial charge is 0.323 e. The molecule has 1 aliphatic rings. The minimum absolute atomic E-state index is 0.172. The van der Waals surface area contributed by atoms with Gasteiger partial charge in [0.25, 0.3) is 5.91 Å². The fourth-order valence-corrected chi connectivity index (χ4v) is 1.42. The molecule has 0 radical (unpaired) electrons. The molecule has 0 aliphatic heterocycles. The average molecular weight is 224 g/mol. The monoisotopic (exact) mass is 224 g/mol. The number of aromatic nitrogens is 1. The van der Waals surface area contributed by atoms with Gasteiger partial charge < -0.3 is 14.5 Å². The van der Waals surface area contributed by atoms with Gasteiger partial charge in [0.2, 0.25) is 0 Å². The summed E-state index contributed by atoms with van der Waals surface area (Å²) in [7, 11) is 1.42. The number of carboxylic acid groups (broad SMARTS) is 1.